The van der Waals surface area contributed by atoms with Gasteiger partial charge in [0.05, 0.1) is 19.9 Å². The van der Waals surface area contributed by atoms with Gasteiger partial charge >= 0.3 is 6.01 Å². The summed E-state index contributed by atoms with van der Waals surface area (Å²) in [6.07, 6.45) is 2.71. The van der Waals surface area contributed by atoms with Crippen molar-refractivity contribution in [2.75, 3.05) is 30.4 Å². The molecule has 3 aromatic rings. The highest BCUT2D eigenvalue weighted by Crippen LogP contribution is 2.36. The van der Waals surface area contributed by atoms with Gasteiger partial charge < -0.3 is 23.9 Å². The molecule has 9 nitrogen and oxygen atoms in total. The van der Waals surface area contributed by atoms with Crippen LogP contribution in [0.5, 0.6) is 6.01 Å². The lowest BCUT2D eigenvalue weighted by molar-refractivity contribution is 0.279. The smallest absolute Gasteiger partial charge is 0.322 e. The molecule has 5 heterocycles. The van der Waals surface area contributed by atoms with Crippen molar-refractivity contribution in [2.45, 2.75) is 25.4 Å². The molecule has 2 atom stereocenters. The molecule has 0 aliphatic carbocycles. The number of fused-ring (bicyclic) bond motifs is 4. The Morgan fingerprint density at radius 2 is 2.10 bits per heavy atom. The Labute approximate surface area is 167 Å². The van der Waals surface area contributed by atoms with Crippen LogP contribution in [0, 0.1) is 5.92 Å². The summed E-state index contributed by atoms with van der Waals surface area (Å²) in [6, 6.07) is 9.52. The van der Waals surface area contributed by atoms with E-state index in [0.717, 1.165) is 37.5 Å². The second kappa shape index (κ2) is 7.23. The van der Waals surface area contributed by atoms with E-state index in [9.17, 15) is 4.79 Å². The van der Waals surface area contributed by atoms with E-state index in [1.807, 2.05) is 22.8 Å². The van der Waals surface area contributed by atoms with Gasteiger partial charge in [0, 0.05) is 37.3 Å². The van der Waals surface area contributed by atoms with Gasteiger partial charge in [0.2, 0.25) is 11.9 Å². The van der Waals surface area contributed by atoms with Crippen molar-refractivity contribution in [3.05, 3.63) is 58.4 Å². The van der Waals surface area contributed by atoms with E-state index in [2.05, 4.69) is 31.2 Å². The normalized spacial score (nSPS) is 20.2. The molecule has 5 rings (SSSR count). The lowest BCUT2D eigenvalue weighted by atomic mass is 9.83. The van der Waals surface area contributed by atoms with Gasteiger partial charge in [-0.1, -0.05) is 6.07 Å². The Balaban J connectivity index is 1.41. The molecule has 0 aromatic carbocycles. The molecule has 1 fully saturated rings. The van der Waals surface area contributed by atoms with Crippen LogP contribution in [0.1, 0.15) is 23.8 Å². The molecule has 1 N–H and O–H groups in total. The Morgan fingerprint density at radius 1 is 1.17 bits per heavy atom. The van der Waals surface area contributed by atoms with Crippen molar-refractivity contribution in [3.63, 3.8) is 0 Å². The zero-order chi connectivity index (χ0) is 19.8. The highest BCUT2D eigenvalue weighted by atomic mass is 16.5. The first-order valence-electron chi connectivity index (χ1n) is 9.70. The highest BCUT2D eigenvalue weighted by Gasteiger charge is 2.35. The minimum absolute atomic E-state index is 0.0805. The Hall–Kier alpha value is -3.36. The quantitative estimate of drug-likeness (QED) is 0.700. The molecule has 0 spiro atoms. The van der Waals surface area contributed by atoms with Crippen LogP contribution in [0.15, 0.2) is 45.8 Å². The van der Waals surface area contributed by atoms with E-state index < -0.39 is 0 Å². The lowest BCUT2D eigenvalue weighted by Crippen LogP contribution is -2.47. The maximum absolute atomic E-state index is 12.2. The molecular formula is C20H22N6O3. The number of nitrogens with one attached hydrogen (secondary N) is 1. The van der Waals surface area contributed by atoms with Crippen LogP contribution in [0.4, 0.5) is 11.9 Å². The second-order valence-corrected chi connectivity index (χ2v) is 7.48. The van der Waals surface area contributed by atoms with E-state index >= 15 is 0 Å². The standard InChI is InChI=1S/C20H22N6O3/c1-28-20-23-18(21-9-15-4-3-7-29-15)22-19(24-20)25-10-13-8-14(12-25)16-5-2-6-17(27)26(16)11-13/h2-7,13-14H,8-12H2,1H3,(H,21,22,23,24)/t13-,14+/m0/s1. The van der Waals surface area contributed by atoms with Crippen molar-refractivity contribution in [1.82, 2.24) is 19.5 Å². The highest BCUT2D eigenvalue weighted by molar-refractivity contribution is 5.40. The third kappa shape index (κ3) is 3.43. The van der Waals surface area contributed by atoms with Crippen molar-refractivity contribution in [2.24, 2.45) is 5.92 Å². The fourth-order valence-electron chi connectivity index (χ4n) is 4.30. The van der Waals surface area contributed by atoms with Crippen LogP contribution in [0.3, 0.4) is 0 Å². The molecule has 0 radical (unpaired) electrons. The number of hydrogen-bond acceptors (Lipinski definition) is 8. The topological polar surface area (TPSA) is 98.3 Å². The minimum atomic E-state index is 0.0805. The van der Waals surface area contributed by atoms with Gasteiger partial charge in [0.25, 0.3) is 5.56 Å². The largest absolute Gasteiger partial charge is 0.467 e. The van der Waals surface area contributed by atoms with Gasteiger partial charge in [-0.25, -0.2) is 0 Å². The molecule has 2 aliphatic heterocycles. The van der Waals surface area contributed by atoms with Gasteiger partial charge in [-0.05, 0) is 30.5 Å². The molecule has 3 aromatic heterocycles. The van der Waals surface area contributed by atoms with Gasteiger partial charge in [-0.3, -0.25) is 4.79 Å². The van der Waals surface area contributed by atoms with E-state index in [1.54, 1.807) is 19.4 Å². The number of ether oxygens (including phenoxy) is 1. The first-order valence-corrected chi connectivity index (χ1v) is 9.70. The fraction of sp³-hybridized carbons (Fsp3) is 0.400. The average Bonchev–Trinajstić information content (AvgIpc) is 3.26. The number of aromatic nitrogens is 4. The lowest BCUT2D eigenvalue weighted by Gasteiger charge is -2.42. The molecule has 2 aliphatic rings. The second-order valence-electron chi connectivity index (χ2n) is 7.48. The van der Waals surface area contributed by atoms with Crippen molar-refractivity contribution in [3.8, 4) is 6.01 Å². The van der Waals surface area contributed by atoms with E-state index in [4.69, 9.17) is 9.15 Å². The summed E-state index contributed by atoms with van der Waals surface area (Å²) in [7, 11) is 1.54. The molecule has 150 valence electrons. The first kappa shape index (κ1) is 17.7. The molecule has 0 unspecified atom stereocenters. The number of hydrogen-bond donors (Lipinski definition) is 1. The van der Waals surface area contributed by atoms with Crippen LogP contribution in [-0.2, 0) is 13.1 Å². The molecule has 9 heteroatoms. The van der Waals surface area contributed by atoms with Crippen LogP contribution in [0.2, 0.25) is 0 Å². The number of pyridine rings is 1. The maximum Gasteiger partial charge on any atom is 0.322 e. The maximum atomic E-state index is 12.2. The van der Waals surface area contributed by atoms with Gasteiger partial charge in [-0.15, -0.1) is 0 Å². The van der Waals surface area contributed by atoms with Gasteiger partial charge in [-0.2, -0.15) is 15.0 Å². The summed E-state index contributed by atoms with van der Waals surface area (Å²) in [4.78, 5) is 27.8. The van der Waals surface area contributed by atoms with Gasteiger partial charge in [0.1, 0.15) is 5.76 Å². The van der Waals surface area contributed by atoms with E-state index in [-0.39, 0.29) is 17.5 Å². The number of piperidine rings is 1. The summed E-state index contributed by atoms with van der Waals surface area (Å²) in [5, 5.41) is 3.17. The predicted molar refractivity (Wildman–Crippen MR) is 106 cm³/mol. The molecule has 1 saturated heterocycles. The molecule has 0 amide bonds. The van der Waals surface area contributed by atoms with Crippen LogP contribution in [0.25, 0.3) is 0 Å². The third-order valence-electron chi connectivity index (χ3n) is 5.55. The van der Waals surface area contributed by atoms with Crippen molar-refractivity contribution < 1.29 is 9.15 Å². The number of rotatable bonds is 5. The zero-order valence-corrected chi connectivity index (χ0v) is 16.1. The van der Waals surface area contributed by atoms with Crippen molar-refractivity contribution >= 4 is 11.9 Å². The molecule has 2 bridgehead atoms. The Bertz CT molecular complexity index is 1060. The molecule has 0 saturated carbocycles. The zero-order valence-electron chi connectivity index (χ0n) is 16.1. The van der Waals surface area contributed by atoms with E-state index in [1.165, 1.54) is 0 Å². The number of methoxy groups -OCH3 is 1. The third-order valence-corrected chi connectivity index (χ3v) is 5.55. The summed E-state index contributed by atoms with van der Waals surface area (Å²) >= 11 is 0. The number of nitrogens with zero attached hydrogens (tertiary/aromatic N) is 5. The van der Waals surface area contributed by atoms with Gasteiger partial charge in [0.15, 0.2) is 0 Å². The minimum Gasteiger partial charge on any atom is -0.467 e. The SMILES string of the molecule is COc1nc(NCc2ccco2)nc(N2C[C@@H]3C[C@H](C2)c2cccc(=O)n2C3)n1. The number of anilines is 2. The van der Waals surface area contributed by atoms with Crippen molar-refractivity contribution in [1.29, 1.82) is 0 Å². The Morgan fingerprint density at radius 3 is 2.93 bits per heavy atom. The molecular weight excluding hydrogens is 372 g/mol. The summed E-state index contributed by atoms with van der Waals surface area (Å²) in [5.41, 5.74) is 1.17. The van der Waals surface area contributed by atoms with Crippen LogP contribution < -0.4 is 20.5 Å². The monoisotopic (exact) mass is 394 g/mol. The fourth-order valence-corrected chi connectivity index (χ4v) is 4.30. The summed E-state index contributed by atoms with van der Waals surface area (Å²) in [5.74, 6) is 2.47. The average molecular weight is 394 g/mol. The van der Waals surface area contributed by atoms with E-state index in [0.29, 0.717) is 24.4 Å². The Kier molecular flexibility index (Phi) is 4.42. The van der Waals surface area contributed by atoms with Crippen LogP contribution >= 0.6 is 0 Å². The molecule has 29 heavy (non-hydrogen) atoms. The summed E-state index contributed by atoms with van der Waals surface area (Å²) in [6.45, 7) is 2.75. The van der Waals surface area contributed by atoms with Crippen LogP contribution in [-0.4, -0.2) is 39.7 Å². The summed E-state index contributed by atoms with van der Waals surface area (Å²) < 4.78 is 12.6. The number of furan rings is 1. The predicted octanol–water partition coefficient (Wildman–Crippen LogP) is 1.87. The first-order chi connectivity index (χ1) is 14.2.